The molecule has 1 rings (SSSR count). The summed E-state index contributed by atoms with van der Waals surface area (Å²) < 4.78 is 24.1. The van der Waals surface area contributed by atoms with Gasteiger partial charge in [-0.15, -0.1) is 0 Å². The smallest absolute Gasteiger partial charge is 0.270 e. The third-order valence-electron chi connectivity index (χ3n) is 3.38. The number of nitrogens with zero attached hydrogens (tertiary/aromatic N) is 2. The summed E-state index contributed by atoms with van der Waals surface area (Å²) in [6.45, 7) is 7.29. The molecule has 0 aliphatic heterocycles. The van der Waals surface area contributed by atoms with E-state index >= 15 is 0 Å². The maximum absolute atomic E-state index is 12.5. The van der Waals surface area contributed by atoms with E-state index in [1.165, 1.54) is 16.8 Å². The molecule has 0 saturated heterocycles. The molecule has 0 aromatic carbocycles. The largest absolute Gasteiger partial charge is 0.345 e. The van der Waals surface area contributed by atoms with Crippen LogP contribution >= 0.6 is 10.7 Å². The average Bonchev–Trinajstić information content (AvgIpc) is 2.76. The predicted octanol–water partition coefficient (Wildman–Crippen LogP) is 2.46. The Bertz CT molecular complexity index is 580. The normalized spacial score (nSPS) is 13.2. The Morgan fingerprint density at radius 3 is 2.45 bits per heavy atom. The van der Waals surface area contributed by atoms with E-state index in [1.54, 1.807) is 11.9 Å². The van der Waals surface area contributed by atoms with Gasteiger partial charge in [0.2, 0.25) is 0 Å². The third-order valence-corrected chi connectivity index (χ3v) is 4.70. The molecule has 0 bridgehead atoms. The molecule has 0 aliphatic rings. The molecule has 0 saturated carbocycles. The van der Waals surface area contributed by atoms with E-state index in [1.807, 2.05) is 6.92 Å². The van der Waals surface area contributed by atoms with Crippen LogP contribution in [0.5, 0.6) is 0 Å². The zero-order valence-electron chi connectivity index (χ0n) is 12.3. The molecule has 1 aromatic rings. The average molecular weight is 321 g/mol. The number of amides is 1. The number of carbonyl (C=O) groups excluding carboxylic acids is 1. The van der Waals surface area contributed by atoms with Crippen LogP contribution < -0.4 is 0 Å². The number of carbonyl (C=O) groups is 1. The fourth-order valence-electron chi connectivity index (χ4n) is 1.90. The Balaban J connectivity index is 3.04. The summed E-state index contributed by atoms with van der Waals surface area (Å²) in [4.78, 5) is 14.1. The minimum atomic E-state index is -3.82. The van der Waals surface area contributed by atoms with Crippen LogP contribution in [-0.2, 0) is 16.1 Å². The monoisotopic (exact) mass is 320 g/mol. The predicted molar refractivity (Wildman–Crippen MR) is 79.5 cm³/mol. The number of aryl methyl sites for hydroxylation is 1. The molecule has 1 unspecified atom stereocenters. The summed E-state index contributed by atoms with van der Waals surface area (Å²) in [6, 6.07) is 1.32. The van der Waals surface area contributed by atoms with E-state index in [4.69, 9.17) is 10.7 Å². The Morgan fingerprint density at radius 2 is 2.05 bits per heavy atom. The minimum absolute atomic E-state index is 0.0513. The van der Waals surface area contributed by atoms with E-state index in [0.29, 0.717) is 24.7 Å². The van der Waals surface area contributed by atoms with Gasteiger partial charge in [0.05, 0.1) is 0 Å². The lowest BCUT2D eigenvalue weighted by Crippen LogP contribution is -2.35. The maximum Gasteiger partial charge on any atom is 0.270 e. The molecule has 1 heterocycles. The Kier molecular flexibility index (Phi) is 5.65. The molecular formula is C13H21ClN2O3S. The highest BCUT2D eigenvalue weighted by Gasteiger charge is 2.22. The van der Waals surface area contributed by atoms with E-state index in [9.17, 15) is 13.2 Å². The summed E-state index contributed by atoms with van der Waals surface area (Å²) >= 11 is 0. The molecule has 0 N–H and O–H groups in total. The third kappa shape index (κ3) is 3.99. The second-order valence-electron chi connectivity index (χ2n) is 4.97. The van der Waals surface area contributed by atoms with E-state index < -0.39 is 9.05 Å². The fraction of sp³-hybridized carbons (Fsp3) is 0.615. The molecule has 1 amide bonds. The van der Waals surface area contributed by atoms with Gasteiger partial charge >= 0.3 is 0 Å². The lowest BCUT2D eigenvalue weighted by atomic mass is 10.1. The zero-order chi connectivity index (χ0) is 15.5. The SMILES string of the molecule is CCC(C)CN(CC)C(=O)c1cc(S(=O)(=O)Cl)cn1C. The van der Waals surface area contributed by atoms with Crippen molar-refractivity contribution in [3.63, 3.8) is 0 Å². The van der Waals surface area contributed by atoms with Gasteiger partial charge in [-0.05, 0) is 18.9 Å². The number of aromatic nitrogens is 1. The van der Waals surface area contributed by atoms with Crippen LogP contribution in [-0.4, -0.2) is 36.9 Å². The summed E-state index contributed by atoms with van der Waals surface area (Å²) in [5, 5.41) is 0. The van der Waals surface area contributed by atoms with Crippen LogP contribution in [0.2, 0.25) is 0 Å². The molecule has 0 radical (unpaired) electrons. The van der Waals surface area contributed by atoms with E-state index in [2.05, 4.69) is 13.8 Å². The summed E-state index contributed by atoms with van der Waals surface area (Å²) in [5.74, 6) is 0.220. The Labute approximate surface area is 124 Å². The van der Waals surface area contributed by atoms with Crippen molar-refractivity contribution in [2.45, 2.75) is 32.1 Å². The molecule has 7 heteroatoms. The van der Waals surface area contributed by atoms with Gasteiger partial charge in [-0.25, -0.2) is 8.42 Å². The van der Waals surface area contributed by atoms with Crippen LogP contribution in [0.3, 0.4) is 0 Å². The first-order valence-electron chi connectivity index (χ1n) is 6.61. The molecule has 114 valence electrons. The van der Waals surface area contributed by atoms with Gasteiger partial charge in [0, 0.05) is 37.0 Å². The first-order chi connectivity index (χ1) is 9.20. The van der Waals surface area contributed by atoms with Gasteiger partial charge < -0.3 is 9.47 Å². The van der Waals surface area contributed by atoms with Crippen LogP contribution in [0, 0.1) is 5.92 Å². The Hall–Kier alpha value is -1.01. The molecule has 0 spiro atoms. The molecule has 0 aliphatic carbocycles. The number of hydrogen-bond acceptors (Lipinski definition) is 3. The second-order valence-corrected chi connectivity index (χ2v) is 7.53. The van der Waals surface area contributed by atoms with Crippen molar-refractivity contribution in [1.82, 2.24) is 9.47 Å². The first kappa shape index (κ1) is 17.0. The molecule has 1 aromatic heterocycles. The van der Waals surface area contributed by atoms with Crippen molar-refractivity contribution in [3.05, 3.63) is 18.0 Å². The number of halogens is 1. The van der Waals surface area contributed by atoms with Crippen molar-refractivity contribution in [1.29, 1.82) is 0 Å². The van der Waals surface area contributed by atoms with Crippen molar-refractivity contribution >= 4 is 25.6 Å². The number of rotatable bonds is 6. The van der Waals surface area contributed by atoms with Gasteiger partial charge in [0.1, 0.15) is 10.6 Å². The molecule has 20 heavy (non-hydrogen) atoms. The van der Waals surface area contributed by atoms with Gasteiger partial charge in [0.25, 0.3) is 15.0 Å². The van der Waals surface area contributed by atoms with Crippen LogP contribution in [0.25, 0.3) is 0 Å². The fourth-order valence-corrected chi connectivity index (χ4v) is 2.69. The standard InChI is InChI=1S/C13H21ClN2O3S/c1-5-10(3)8-16(6-2)13(17)12-7-11(9-15(12)4)20(14,18)19/h7,9-10H,5-6,8H2,1-4H3. The van der Waals surface area contributed by atoms with Crippen molar-refractivity contribution in [2.24, 2.45) is 13.0 Å². The van der Waals surface area contributed by atoms with Gasteiger partial charge in [-0.2, -0.15) is 0 Å². The van der Waals surface area contributed by atoms with Crippen molar-refractivity contribution in [2.75, 3.05) is 13.1 Å². The lowest BCUT2D eigenvalue weighted by molar-refractivity contribution is 0.0731. The molecule has 5 nitrogen and oxygen atoms in total. The molecular weight excluding hydrogens is 300 g/mol. The van der Waals surface area contributed by atoms with Gasteiger partial charge in [0.15, 0.2) is 0 Å². The minimum Gasteiger partial charge on any atom is -0.345 e. The quantitative estimate of drug-likeness (QED) is 0.756. The highest BCUT2D eigenvalue weighted by Crippen LogP contribution is 2.19. The zero-order valence-corrected chi connectivity index (χ0v) is 13.8. The van der Waals surface area contributed by atoms with Crippen molar-refractivity contribution < 1.29 is 13.2 Å². The van der Waals surface area contributed by atoms with E-state index in [-0.39, 0.29) is 10.8 Å². The molecule has 0 fully saturated rings. The highest BCUT2D eigenvalue weighted by atomic mass is 35.7. The van der Waals surface area contributed by atoms with Gasteiger partial charge in [-0.1, -0.05) is 20.3 Å². The summed E-state index contributed by atoms with van der Waals surface area (Å²) in [6.07, 6.45) is 2.34. The number of hydrogen-bond donors (Lipinski definition) is 0. The topological polar surface area (TPSA) is 59.4 Å². The lowest BCUT2D eigenvalue weighted by Gasteiger charge is -2.24. The molecule has 1 atom stereocenters. The van der Waals surface area contributed by atoms with Crippen LogP contribution in [0.1, 0.15) is 37.7 Å². The summed E-state index contributed by atoms with van der Waals surface area (Å²) in [5.41, 5.74) is 0.328. The Morgan fingerprint density at radius 1 is 1.45 bits per heavy atom. The second kappa shape index (κ2) is 6.63. The maximum atomic E-state index is 12.5. The highest BCUT2D eigenvalue weighted by molar-refractivity contribution is 8.13. The van der Waals surface area contributed by atoms with Crippen molar-refractivity contribution in [3.8, 4) is 0 Å². The van der Waals surface area contributed by atoms with E-state index in [0.717, 1.165) is 6.42 Å². The van der Waals surface area contributed by atoms with Gasteiger partial charge in [-0.3, -0.25) is 4.79 Å². The van der Waals surface area contributed by atoms with Crippen LogP contribution in [0.4, 0.5) is 0 Å². The summed E-state index contributed by atoms with van der Waals surface area (Å²) in [7, 11) is 3.12. The van der Waals surface area contributed by atoms with Crippen LogP contribution in [0.15, 0.2) is 17.2 Å². The first-order valence-corrected chi connectivity index (χ1v) is 8.91.